The Bertz CT molecular complexity index is 913. The summed E-state index contributed by atoms with van der Waals surface area (Å²) in [7, 11) is 0.383. The summed E-state index contributed by atoms with van der Waals surface area (Å²) in [6.07, 6.45) is 0. The van der Waals surface area contributed by atoms with Crippen molar-refractivity contribution < 1.29 is 27.4 Å². The van der Waals surface area contributed by atoms with Crippen LogP contribution in [0.3, 0.4) is 0 Å². The summed E-state index contributed by atoms with van der Waals surface area (Å²) in [4.78, 5) is 11.7. The average molecular weight is 444 g/mol. The molecule has 0 spiro atoms. The van der Waals surface area contributed by atoms with Crippen LogP contribution in [0.2, 0.25) is 0 Å². The molecule has 0 aliphatic rings. The molecule has 2 aromatic rings. The highest BCUT2D eigenvalue weighted by Crippen LogP contribution is 2.25. The van der Waals surface area contributed by atoms with Gasteiger partial charge in [-0.1, -0.05) is 0 Å². The molecule has 0 radical (unpaired) electrons. The number of benzene rings is 2. The van der Waals surface area contributed by atoms with Crippen molar-refractivity contribution in [2.45, 2.75) is 11.4 Å². The van der Waals surface area contributed by atoms with Crippen molar-refractivity contribution in [3.8, 4) is 11.5 Å². The molecule has 0 fully saturated rings. The average Bonchev–Trinajstić information content (AvgIpc) is 2.65. The van der Waals surface area contributed by atoms with E-state index in [1.54, 1.807) is 18.2 Å². The summed E-state index contributed by atoms with van der Waals surface area (Å²) in [6, 6.07) is 9.21. The number of esters is 1. The first kappa shape index (κ1) is 20.2. The number of rotatable bonds is 7. The van der Waals surface area contributed by atoms with Crippen LogP contribution in [-0.4, -0.2) is 35.7 Å². The number of carbonyl (C=O) groups excluding carboxylic acids is 1. The molecule has 0 saturated heterocycles. The van der Waals surface area contributed by atoms with Gasteiger partial charge in [0.05, 0.1) is 31.8 Å². The van der Waals surface area contributed by atoms with Gasteiger partial charge in [0.25, 0.3) is 0 Å². The lowest BCUT2D eigenvalue weighted by atomic mass is 10.2. The second-order valence-corrected chi connectivity index (χ2v) is 7.76. The van der Waals surface area contributed by atoms with E-state index < -0.39 is 16.0 Å². The van der Waals surface area contributed by atoms with Crippen LogP contribution in [0, 0.1) is 0 Å². The zero-order chi connectivity index (χ0) is 19.3. The van der Waals surface area contributed by atoms with Gasteiger partial charge in [-0.05, 0) is 52.3 Å². The Kier molecular flexibility index (Phi) is 6.63. The van der Waals surface area contributed by atoms with E-state index in [2.05, 4.69) is 25.4 Å². The van der Waals surface area contributed by atoms with Crippen molar-refractivity contribution in [3.05, 3.63) is 52.0 Å². The molecule has 0 unspecified atom stereocenters. The zero-order valence-electron chi connectivity index (χ0n) is 14.4. The molecule has 0 aliphatic carbocycles. The first-order valence-electron chi connectivity index (χ1n) is 7.40. The first-order valence-corrected chi connectivity index (χ1v) is 9.68. The Labute approximate surface area is 160 Å². The third-order valence-electron chi connectivity index (χ3n) is 3.59. The molecule has 0 heterocycles. The third kappa shape index (κ3) is 4.54. The quantitative estimate of drug-likeness (QED) is 0.661. The molecular formula is C17H18BrNO6S. The standard InChI is InChI=1S/C17H18BrNO6S/c1-23-12-4-7-16(24-2)11(8-12)10-19-26(21,22)13-5-6-15(18)14(9-13)17(20)25-3/h4-9,19H,10H2,1-3H3. The van der Waals surface area contributed by atoms with E-state index in [0.717, 1.165) is 0 Å². The lowest BCUT2D eigenvalue weighted by Crippen LogP contribution is -2.24. The Hall–Kier alpha value is -2.10. The number of nitrogens with one attached hydrogen (secondary N) is 1. The highest BCUT2D eigenvalue weighted by molar-refractivity contribution is 9.10. The SMILES string of the molecule is COC(=O)c1cc(S(=O)(=O)NCc2cc(OC)ccc2OC)ccc1Br. The van der Waals surface area contributed by atoms with E-state index in [1.165, 1.54) is 39.5 Å². The summed E-state index contributed by atoms with van der Waals surface area (Å²) in [6.45, 7) is -0.00761. The third-order valence-corrected chi connectivity index (χ3v) is 5.68. The van der Waals surface area contributed by atoms with Crippen molar-refractivity contribution >= 4 is 31.9 Å². The molecule has 2 rings (SSSR count). The number of sulfonamides is 1. The summed E-state index contributed by atoms with van der Waals surface area (Å²) in [5, 5.41) is 0. The minimum absolute atomic E-state index is 0.00761. The number of halogens is 1. The van der Waals surface area contributed by atoms with Crippen LogP contribution in [0.25, 0.3) is 0 Å². The second-order valence-electron chi connectivity index (χ2n) is 5.14. The summed E-state index contributed by atoms with van der Waals surface area (Å²) in [5.41, 5.74) is 0.732. The summed E-state index contributed by atoms with van der Waals surface area (Å²) in [5.74, 6) is 0.472. The van der Waals surface area contributed by atoms with Crippen LogP contribution >= 0.6 is 15.9 Å². The molecule has 2 aromatic carbocycles. The molecule has 0 amide bonds. The molecule has 0 bridgehead atoms. The Morgan fingerprint density at radius 1 is 1.08 bits per heavy atom. The monoisotopic (exact) mass is 443 g/mol. The van der Waals surface area contributed by atoms with E-state index >= 15 is 0 Å². The molecule has 7 nitrogen and oxygen atoms in total. The minimum atomic E-state index is -3.86. The van der Waals surface area contributed by atoms with Crippen LogP contribution in [0.5, 0.6) is 11.5 Å². The van der Waals surface area contributed by atoms with Gasteiger partial charge in [-0.25, -0.2) is 17.9 Å². The Balaban J connectivity index is 2.29. The van der Waals surface area contributed by atoms with E-state index in [9.17, 15) is 13.2 Å². The molecule has 140 valence electrons. The fourth-order valence-electron chi connectivity index (χ4n) is 2.21. The molecule has 1 N–H and O–H groups in total. The fraction of sp³-hybridized carbons (Fsp3) is 0.235. The van der Waals surface area contributed by atoms with Gasteiger partial charge in [-0.2, -0.15) is 0 Å². The molecule has 26 heavy (non-hydrogen) atoms. The number of ether oxygens (including phenoxy) is 3. The predicted molar refractivity (Wildman–Crippen MR) is 99.1 cm³/mol. The van der Waals surface area contributed by atoms with E-state index in [4.69, 9.17) is 9.47 Å². The second kappa shape index (κ2) is 8.52. The largest absolute Gasteiger partial charge is 0.497 e. The van der Waals surface area contributed by atoms with Crippen LogP contribution in [0.1, 0.15) is 15.9 Å². The van der Waals surface area contributed by atoms with Crippen molar-refractivity contribution in [2.75, 3.05) is 21.3 Å². The first-order chi connectivity index (χ1) is 12.3. The van der Waals surface area contributed by atoms with Gasteiger partial charge in [0.2, 0.25) is 10.0 Å². The van der Waals surface area contributed by atoms with E-state index in [-0.39, 0.29) is 17.0 Å². The maximum atomic E-state index is 12.6. The van der Waals surface area contributed by atoms with Crippen molar-refractivity contribution in [1.82, 2.24) is 4.72 Å². The molecule has 0 aromatic heterocycles. The van der Waals surface area contributed by atoms with Crippen LogP contribution in [0.4, 0.5) is 0 Å². The van der Waals surface area contributed by atoms with E-state index in [1.807, 2.05) is 0 Å². The van der Waals surface area contributed by atoms with Gasteiger partial charge in [0.15, 0.2) is 0 Å². The maximum Gasteiger partial charge on any atom is 0.339 e. The molecule has 0 saturated carbocycles. The van der Waals surface area contributed by atoms with Crippen molar-refractivity contribution in [1.29, 1.82) is 0 Å². The van der Waals surface area contributed by atoms with Crippen molar-refractivity contribution in [3.63, 3.8) is 0 Å². The van der Waals surface area contributed by atoms with Gasteiger partial charge in [0, 0.05) is 16.6 Å². The Morgan fingerprint density at radius 3 is 2.42 bits per heavy atom. The van der Waals surface area contributed by atoms with Crippen LogP contribution < -0.4 is 14.2 Å². The number of carbonyl (C=O) groups is 1. The van der Waals surface area contributed by atoms with Gasteiger partial charge in [0.1, 0.15) is 11.5 Å². The number of methoxy groups -OCH3 is 3. The van der Waals surface area contributed by atoms with Crippen LogP contribution in [-0.2, 0) is 21.3 Å². The molecule has 0 aliphatic heterocycles. The number of hydrogen-bond donors (Lipinski definition) is 1. The molecule has 9 heteroatoms. The minimum Gasteiger partial charge on any atom is -0.497 e. The highest BCUT2D eigenvalue weighted by Gasteiger charge is 2.19. The predicted octanol–water partition coefficient (Wildman–Crippen LogP) is 2.73. The summed E-state index contributed by atoms with van der Waals surface area (Å²) < 4.78 is 43.1. The molecule has 0 atom stereocenters. The van der Waals surface area contributed by atoms with Gasteiger partial charge >= 0.3 is 5.97 Å². The zero-order valence-corrected chi connectivity index (χ0v) is 16.8. The van der Waals surface area contributed by atoms with E-state index in [0.29, 0.717) is 21.5 Å². The van der Waals surface area contributed by atoms with Gasteiger partial charge in [-0.3, -0.25) is 0 Å². The van der Waals surface area contributed by atoms with Crippen LogP contribution in [0.15, 0.2) is 45.8 Å². The summed E-state index contributed by atoms with van der Waals surface area (Å²) >= 11 is 3.20. The lowest BCUT2D eigenvalue weighted by Gasteiger charge is -2.12. The normalized spacial score (nSPS) is 11.1. The topological polar surface area (TPSA) is 90.9 Å². The highest BCUT2D eigenvalue weighted by atomic mass is 79.9. The number of hydrogen-bond acceptors (Lipinski definition) is 6. The Morgan fingerprint density at radius 2 is 1.81 bits per heavy atom. The fourth-order valence-corrected chi connectivity index (χ4v) is 3.65. The molecular weight excluding hydrogens is 426 g/mol. The van der Waals surface area contributed by atoms with Crippen molar-refractivity contribution in [2.24, 2.45) is 0 Å². The lowest BCUT2D eigenvalue weighted by molar-refractivity contribution is 0.0599. The van der Waals surface area contributed by atoms with Gasteiger partial charge in [-0.15, -0.1) is 0 Å². The smallest absolute Gasteiger partial charge is 0.339 e. The maximum absolute atomic E-state index is 12.6. The van der Waals surface area contributed by atoms with Gasteiger partial charge < -0.3 is 14.2 Å².